The predicted octanol–water partition coefficient (Wildman–Crippen LogP) is 3.29. The van der Waals surface area contributed by atoms with Crippen LogP contribution in [0.1, 0.15) is 18.9 Å². The van der Waals surface area contributed by atoms with Crippen LogP contribution in [0.15, 0.2) is 41.3 Å². The van der Waals surface area contributed by atoms with Crippen molar-refractivity contribution >= 4 is 38.9 Å². The number of nitro groups is 1. The number of ether oxygens (including phenoxy) is 1. The number of carbonyl (C=O) groups is 1. The third kappa shape index (κ3) is 5.19. The number of benzene rings is 2. The van der Waals surface area contributed by atoms with E-state index < -0.39 is 27.4 Å². The first-order valence-electron chi connectivity index (χ1n) is 8.99. The van der Waals surface area contributed by atoms with Crippen molar-refractivity contribution in [2.75, 3.05) is 24.5 Å². The van der Waals surface area contributed by atoms with Crippen LogP contribution in [0.5, 0.6) is 5.75 Å². The first kappa shape index (κ1) is 23.4. The summed E-state index contributed by atoms with van der Waals surface area (Å²) in [5, 5.41) is 14.1. The molecule has 0 aliphatic carbocycles. The summed E-state index contributed by atoms with van der Waals surface area (Å²) in [6.07, 6.45) is 0.670. The number of aryl methyl sites for hydroxylation is 1. The third-order valence-corrected chi connectivity index (χ3v) is 6.23. The van der Waals surface area contributed by atoms with Crippen molar-refractivity contribution in [1.29, 1.82) is 0 Å². The average molecular weight is 456 g/mol. The summed E-state index contributed by atoms with van der Waals surface area (Å²) in [6, 6.07) is 7.91. The number of methoxy groups -OCH3 is 1. The van der Waals surface area contributed by atoms with Crippen LogP contribution in [0.2, 0.25) is 5.02 Å². The second-order valence-electron chi connectivity index (χ2n) is 6.38. The van der Waals surface area contributed by atoms with Gasteiger partial charge in [-0.15, -0.1) is 0 Å². The fraction of sp³-hybridized carbons (Fsp3) is 0.316. The lowest BCUT2D eigenvalue weighted by Gasteiger charge is -2.26. The second kappa shape index (κ2) is 9.77. The summed E-state index contributed by atoms with van der Waals surface area (Å²) in [4.78, 5) is 22.7. The Balaban J connectivity index is 2.64. The van der Waals surface area contributed by atoms with E-state index in [1.54, 1.807) is 0 Å². The SMILES string of the molecule is CCCNC(=O)CN(c1cc(Cl)ccc1OC)S(=O)(=O)c1ccc(C)c([N+](=O)[O-])c1. The molecule has 2 rings (SSSR count). The zero-order valence-corrected chi connectivity index (χ0v) is 18.3. The lowest BCUT2D eigenvalue weighted by atomic mass is 10.2. The Morgan fingerprint density at radius 3 is 2.57 bits per heavy atom. The van der Waals surface area contributed by atoms with E-state index in [0.29, 0.717) is 18.5 Å². The summed E-state index contributed by atoms with van der Waals surface area (Å²) in [5.41, 5.74) is 0.0101. The highest BCUT2D eigenvalue weighted by Gasteiger charge is 2.31. The molecule has 162 valence electrons. The van der Waals surface area contributed by atoms with Crippen LogP contribution in [0.25, 0.3) is 0 Å². The van der Waals surface area contributed by atoms with Gasteiger partial charge in [0.2, 0.25) is 5.91 Å². The van der Waals surface area contributed by atoms with E-state index in [9.17, 15) is 23.3 Å². The number of hydrogen-bond donors (Lipinski definition) is 1. The molecule has 0 saturated heterocycles. The van der Waals surface area contributed by atoms with Gasteiger partial charge in [0.15, 0.2) is 0 Å². The Morgan fingerprint density at radius 1 is 1.27 bits per heavy atom. The number of nitro benzene ring substituents is 1. The highest BCUT2D eigenvalue weighted by molar-refractivity contribution is 7.92. The van der Waals surface area contributed by atoms with Gasteiger partial charge in [-0.3, -0.25) is 19.2 Å². The van der Waals surface area contributed by atoms with Crippen LogP contribution in [0.4, 0.5) is 11.4 Å². The highest BCUT2D eigenvalue weighted by atomic mass is 35.5. The van der Waals surface area contributed by atoms with E-state index in [4.69, 9.17) is 16.3 Å². The smallest absolute Gasteiger partial charge is 0.273 e. The maximum Gasteiger partial charge on any atom is 0.273 e. The molecule has 0 saturated carbocycles. The van der Waals surface area contributed by atoms with Crippen LogP contribution < -0.4 is 14.4 Å². The molecule has 0 aliphatic heterocycles. The number of carbonyl (C=O) groups excluding carboxylic acids is 1. The first-order valence-corrected chi connectivity index (χ1v) is 10.8. The Hall–Kier alpha value is -2.85. The van der Waals surface area contributed by atoms with Gasteiger partial charge in [0.25, 0.3) is 15.7 Å². The fourth-order valence-corrected chi connectivity index (χ4v) is 4.29. The van der Waals surface area contributed by atoms with Crippen molar-refractivity contribution in [3.63, 3.8) is 0 Å². The molecule has 11 heteroatoms. The molecule has 9 nitrogen and oxygen atoms in total. The van der Waals surface area contributed by atoms with Crippen molar-refractivity contribution in [2.45, 2.75) is 25.2 Å². The van der Waals surface area contributed by atoms with Crippen LogP contribution in [-0.4, -0.2) is 39.4 Å². The number of nitrogens with one attached hydrogen (secondary N) is 1. The van der Waals surface area contributed by atoms with Gasteiger partial charge < -0.3 is 10.1 Å². The Kier molecular flexibility index (Phi) is 7.63. The fourth-order valence-electron chi connectivity index (χ4n) is 2.68. The van der Waals surface area contributed by atoms with E-state index in [0.717, 1.165) is 10.4 Å². The van der Waals surface area contributed by atoms with Crippen molar-refractivity contribution < 1.29 is 22.9 Å². The van der Waals surface area contributed by atoms with Crippen LogP contribution in [-0.2, 0) is 14.8 Å². The molecule has 1 N–H and O–H groups in total. The second-order valence-corrected chi connectivity index (χ2v) is 8.68. The zero-order chi connectivity index (χ0) is 22.5. The van der Waals surface area contributed by atoms with Gasteiger partial charge >= 0.3 is 0 Å². The minimum atomic E-state index is -4.37. The Bertz CT molecular complexity index is 1060. The van der Waals surface area contributed by atoms with E-state index in [1.807, 2.05) is 6.92 Å². The monoisotopic (exact) mass is 455 g/mol. The molecule has 0 bridgehead atoms. The predicted molar refractivity (Wildman–Crippen MR) is 114 cm³/mol. The van der Waals surface area contributed by atoms with E-state index >= 15 is 0 Å². The lowest BCUT2D eigenvalue weighted by molar-refractivity contribution is -0.385. The van der Waals surface area contributed by atoms with Gasteiger partial charge in [0.1, 0.15) is 12.3 Å². The highest BCUT2D eigenvalue weighted by Crippen LogP contribution is 2.35. The Labute approximate surface area is 179 Å². The number of anilines is 1. The van der Waals surface area contributed by atoms with Crippen molar-refractivity contribution in [3.8, 4) is 5.75 Å². The summed E-state index contributed by atoms with van der Waals surface area (Å²) in [6.45, 7) is 3.18. The van der Waals surface area contributed by atoms with Gasteiger partial charge in [-0.25, -0.2) is 8.42 Å². The largest absolute Gasteiger partial charge is 0.495 e. The molecule has 0 radical (unpaired) electrons. The summed E-state index contributed by atoms with van der Waals surface area (Å²) in [7, 11) is -3.01. The summed E-state index contributed by atoms with van der Waals surface area (Å²) < 4.78 is 32.9. The van der Waals surface area contributed by atoms with Crippen molar-refractivity contribution in [3.05, 3.63) is 57.1 Å². The standard InChI is InChI=1S/C19H22ClN3O6S/c1-4-9-21-19(24)12-22(17-10-14(20)6-8-18(17)29-3)30(27,28)15-7-5-13(2)16(11-15)23(25)26/h5-8,10-11H,4,9,12H2,1-3H3,(H,21,24). The average Bonchev–Trinajstić information content (AvgIpc) is 2.70. The molecule has 0 fully saturated rings. The molecule has 2 aromatic rings. The van der Waals surface area contributed by atoms with Gasteiger partial charge in [-0.2, -0.15) is 0 Å². The van der Waals surface area contributed by atoms with E-state index in [-0.39, 0.29) is 27.0 Å². The van der Waals surface area contributed by atoms with Gasteiger partial charge in [0.05, 0.1) is 22.6 Å². The van der Waals surface area contributed by atoms with Crippen molar-refractivity contribution in [2.24, 2.45) is 0 Å². The Morgan fingerprint density at radius 2 is 1.97 bits per heavy atom. The van der Waals surface area contributed by atoms with Crippen LogP contribution >= 0.6 is 11.6 Å². The van der Waals surface area contributed by atoms with Gasteiger partial charge in [-0.1, -0.05) is 24.6 Å². The van der Waals surface area contributed by atoms with E-state index in [1.165, 1.54) is 44.4 Å². The van der Waals surface area contributed by atoms with Crippen molar-refractivity contribution in [1.82, 2.24) is 5.32 Å². The number of sulfonamides is 1. The minimum absolute atomic E-state index is 0.0416. The first-order chi connectivity index (χ1) is 14.1. The summed E-state index contributed by atoms with van der Waals surface area (Å²) in [5.74, 6) is -0.364. The van der Waals surface area contributed by atoms with Gasteiger partial charge in [0, 0.05) is 23.2 Å². The maximum atomic E-state index is 13.4. The molecule has 0 spiro atoms. The number of rotatable bonds is 9. The molecule has 2 aromatic carbocycles. The number of nitrogens with zero attached hydrogens (tertiary/aromatic N) is 2. The molecule has 1 amide bonds. The molecular formula is C19H22ClN3O6S. The maximum absolute atomic E-state index is 13.4. The summed E-state index contributed by atoms with van der Waals surface area (Å²) >= 11 is 6.05. The zero-order valence-electron chi connectivity index (χ0n) is 16.7. The number of halogens is 1. The molecule has 0 aliphatic rings. The van der Waals surface area contributed by atoms with E-state index in [2.05, 4.69) is 5.32 Å². The van der Waals surface area contributed by atoms with Crippen LogP contribution in [0, 0.1) is 17.0 Å². The molecule has 30 heavy (non-hydrogen) atoms. The molecule has 0 atom stereocenters. The molecule has 0 unspecified atom stereocenters. The lowest BCUT2D eigenvalue weighted by Crippen LogP contribution is -2.41. The molecular weight excluding hydrogens is 434 g/mol. The quantitative estimate of drug-likeness (QED) is 0.457. The van der Waals surface area contributed by atoms with Gasteiger partial charge in [-0.05, 0) is 37.6 Å². The normalized spacial score (nSPS) is 11.1. The number of hydrogen-bond acceptors (Lipinski definition) is 6. The third-order valence-electron chi connectivity index (χ3n) is 4.23. The molecule has 0 heterocycles. The minimum Gasteiger partial charge on any atom is -0.495 e. The van der Waals surface area contributed by atoms with Crippen LogP contribution in [0.3, 0.4) is 0 Å². The topological polar surface area (TPSA) is 119 Å². The number of amides is 1. The molecule has 0 aromatic heterocycles.